The van der Waals surface area contributed by atoms with E-state index in [4.69, 9.17) is 0 Å². The molecule has 0 N–H and O–H groups in total. The van der Waals surface area contributed by atoms with E-state index >= 15 is 0 Å². The highest BCUT2D eigenvalue weighted by Crippen LogP contribution is 2.26. The Kier molecular flexibility index (Phi) is 3.85. The van der Waals surface area contributed by atoms with E-state index in [1.165, 1.54) is 12.3 Å². The van der Waals surface area contributed by atoms with Gasteiger partial charge in [-0.15, -0.1) is 0 Å². The van der Waals surface area contributed by atoms with Gasteiger partial charge in [-0.1, -0.05) is 19.1 Å². The average molecular weight is 258 g/mol. The number of Topliss-reactive ketones (excluding diaryl/α,β-unsaturated/α-hetero) is 1. The number of non-ortho nitro benzene ring substituents is 1. The number of benzene rings is 1. The second kappa shape index (κ2) is 5.56. The Balaban J connectivity index is 2.49. The molecule has 0 amide bonds. The van der Waals surface area contributed by atoms with Crippen LogP contribution in [0.25, 0.3) is 10.9 Å². The summed E-state index contributed by atoms with van der Waals surface area (Å²) < 4.78 is 0. The third kappa shape index (κ3) is 2.76. The molecule has 0 fully saturated rings. The fraction of sp³-hybridized carbons (Fsp3) is 0.286. The lowest BCUT2D eigenvalue weighted by molar-refractivity contribution is -0.383. The van der Waals surface area contributed by atoms with E-state index in [1.54, 1.807) is 18.2 Å². The highest BCUT2D eigenvalue weighted by molar-refractivity contribution is 5.93. The number of nitro groups is 1. The zero-order valence-corrected chi connectivity index (χ0v) is 10.6. The van der Waals surface area contributed by atoms with Crippen molar-refractivity contribution in [3.05, 3.63) is 46.1 Å². The minimum Gasteiger partial charge on any atom is -0.299 e. The van der Waals surface area contributed by atoms with Crippen LogP contribution < -0.4 is 0 Å². The molecule has 1 aromatic carbocycles. The standard InChI is InChI=1S/C14H14N2O3/c1-2-4-11(17)9-10-7-8-15-14-12(10)5-3-6-13(14)16(18)19/h3,5-8H,2,4,9H2,1H3. The van der Waals surface area contributed by atoms with Gasteiger partial charge in [-0.25, -0.2) is 4.98 Å². The van der Waals surface area contributed by atoms with Crippen LogP contribution in [0.2, 0.25) is 0 Å². The van der Waals surface area contributed by atoms with Crippen LogP contribution in [-0.2, 0) is 11.2 Å². The van der Waals surface area contributed by atoms with Crippen LogP contribution in [-0.4, -0.2) is 15.7 Å². The number of hydrogen-bond acceptors (Lipinski definition) is 4. The van der Waals surface area contributed by atoms with Gasteiger partial charge in [0.15, 0.2) is 0 Å². The lowest BCUT2D eigenvalue weighted by Crippen LogP contribution is -2.03. The van der Waals surface area contributed by atoms with Crippen molar-refractivity contribution in [2.75, 3.05) is 0 Å². The van der Waals surface area contributed by atoms with Crippen molar-refractivity contribution in [1.29, 1.82) is 0 Å². The van der Waals surface area contributed by atoms with Crippen molar-refractivity contribution in [1.82, 2.24) is 4.98 Å². The molecule has 98 valence electrons. The lowest BCUT2D eigenvalue weighted by Gasteiger charge is -2.05. The zero-order valence-electron chi connectivity index (χ0n) is 10.6. The Morgan fingerprint density at radius 2 is 2.16 bits per heavy atom. The number of aromatic nitrogens is 1. The molecule has 0 saturated carbocycles. The van der Waals surface area contributed by atoms with Crippen molar-refractivity contribution in [2.24, 2.45) is 0 Å². The molecule has 0 aliphatic carbocycles. The number of ketones is 1. The summed E-state index contributed by atoms with van der Waals surface area (Å²) in [6.45, 7) is 1.95. The van der Waals surface area contributed by atoms with Gasteiger partial charge in [0, 0.05) is 30.5 Å². The zero-order chi connectivity index (χ0) is 13.8. The van der Waals surface area contributed by atoms with Crippen LogP contribution in [0.15, 0.2) is 30.5 Å². The fourth-order valence-corrected chi connectivity index (χ4v) is 2.10. The summed E-state index contributed by atoms with van der Waals surface area (Å²) in [5.74, 6) is 0.140. The normalized spacial score (nSPS) is 10.6. The molecule has 1 heterocycles. The number of carbonyl (C=O) groups is 1. The number of pyridine rings is 1. The molecule has 19 heavy (non-hydrogen) atoms. The number of carbonyl (C=O) groups excluding carboxylic acids is 1. The van der Waals surface area contributed by atoms with E-state index in [0.29, 0.717) is 23.7 Å². The first-order chi connectivity index (χ1) is 9.13. The van der Waals surface area contributed by atoms with Gasteiger partial charge in [0.1, 0.15) is 11.3 Å². The third-order valence-electron chi connectivity index (χ3n) is 2.95. The van der Waals surface area contributed by atoms with Gasteiger partial charge < -0.3 is 0 Å². The van der Waals surface area contributed by atoms with Crippen molar-refractivity contribution < 1.29 is 9.72 Å². The average Bonchev–Trinajstić information content (AvgIpc) is 2.38. The summed E-state index contributed by atoms with van der Waals surface area (Å²) in [5.41, 5.74) is 1.11. The Labute approximate surface area is 110 Å². The minimum atomic E-state index is -0.451. The van der Waals surface area contributed by atoms with E-state index in [9.17, 15) is 14.9 Å². The summed E-state index contributed by atoms with van der Waals surface area (Å²) in [4.78, 5) is 26.3. The predicted octanol–water partition coefficient (Wildman–Crippen LogP) is 3.05. The minimum absolute atomic E-state index is 0.0257. The molecule has 0 atom stereocenters. The number of fused-ring (bicyclic) bond motifs is 1. The van der Waals surface area contributed by atoms with Gasteiger partial charge in [0.05, 0.1) is 4.92 Å². The SMILES string of the molecule is CCCC(=O)Cc1ccnc2c([N+](=O)[O-])cccc12. The molecular formula is C14H14N2O3. The summed E-state index contributed by atoms with van der Waals surface area (Å²) >= 11 is 0. The van der Waals surface area contributed by atoms with Crippen molar-refractivity contribution in [3.63, 3.8) is 0 Å². The fourth-order valence-electron chi connectivity index (χ4n) is 2.10. The maximum Gasteiger partial charge on any atom is 0.295 e. The van der Waals surface area contributed by atoms with E-state index in [0.717, 1.165) is 12.0 Å². The van der Waals surface area contributed by atoms with Crippen molar-refractivity contribution in [2.45, 2.75) is 26.2 Å². The first-order valence-corrected chi connectivity index (χ1v) is 6.16. The second-order valence-electron chi connectivity index (χ2n) is 4.37. The van der Waals surface area contributed by atoms with Gasteiger partial charge in [-0.2, -0.15) is 0 Å². The van der Waals surface area contributed by atoms with Crippen LogP contribution >= 0.6 is 0 Å². The quantitative estimate of drug-likeness (QED) is 0.610. The molecular weight excluding hydrogens is 244 g/mol. The molecule has 0 unspecified atom stereocenters. The van der Waals surface area contributed by atoms with Crippen molar-refractivity contribution in [3.8, 4) is 0 Å². The molecule has 0 spiro atoms. The first kappa shape index (κ1) is 13.1. The largest absolute Gasteiger partial charge is 0.299 e. The van der Waals surface area contributed by atoms with Gasteiger partial charge >= 0.3 is 0 Å². The second-order valence-corrected chi connectivity index (χ2v) is 4.37. The van der Waals surface area contributed by atoms with Gasteiger partial charge in [0.25, 0.3) is 5.69 Å². The van der Waals surface area contributed by atoms with Crippen molar-refractivity contribution >= 4 is 22.4 Å². The molecule has 0 bridgehead atoms. The Morgan fingerprint density at radius 3 is 2.84 bits per heavy atom. The van der Waals surface area contributed by atoms with E-state index in [1.807, 2.05) is 6.92 Å². The van der Waals surface area contributed by atoms with Gasteiger partial charge in [0.2, 0.25) is 0 Å². The van der Waals surface area contributed by atoms with Gasteiger partial charge in [-0.3, -0.25) is 14.9 Å². The smallest absolute Gasteiger partial charge is 0.295 e. The summed E-state index contributed by atoms with van der Waals surface area (Å²) in [7, 11) is 0. The van der Waals surface area contributed by atoms with Gasteiger partial charge in [-0.05, 0) is 18.1 Å². The predicted molar refractivity (Wildman–Crippen MR) is 72.0 cm³/mol. The summed E-state index contributed by atoms with van der Waals surface area (Å²) in [6, 6.07) is 6.56. The van der Waals surface area contributed by atoms with Crippen LogP contribution in [0.3, 0.4) is 0 Å². The Hall–Kier alpha value is -2.30. The highest BCUT2D eigenvalue weighted by atomic mass is 16.6. The maximum atomic E-state index is 11.7. The number of hydrogen-bond donors (Lipinski definition) is 0. The van der Waals surface area contributed by atoms with E-state index in [-0.39, 0.29) is 11.5 Å². The molecule has 5 nitrogen and oxygen atoms in total. The van der Waals surface area contributed by atoms with Crippen LogP contribution in [0, 0.1) is 10.1 Å². The maximum absolute atomic E-state index is 11.7. The molecule has 2 aromatic rings. The monoisotopic (exact) mass is 258 g/mol. The van der Waals surface area contributed by atoms with Crippen LogP contribution in [0.5, 0.6) is 0 Å². The molecule has 1 aromatic heterocycles. The third-order valence-corrected chi connectivity index (χ3v) is 2.95. The molecule has 0 aliphatic heterocycles. The lowest BCUT2D eigenvalue weighted by atomic mass is 10.0. The number of nitro benzene ring substituents is 1. The number of rotatable bonds is 5. The molecule has 2 rings (SSSR count). The Morgan fingerprint density at radius 1 is 1.37 bits per heavy atom. The molecule has 0 saturated heterocycles. The van der Waals surface area contributed by atoms with Crippen LogP contribution in [0.4, 0.5) is 5.69 Å². The summed E-state index contributed by atoms with van der Waals surface area (Å²) in [6.07, 6.45) is 3.15. The Bertz CT molecular complexity index is 638. The molecule has 5 heteroatoms. The van der Waals surface area contributed by atoms with Crippen LogP contribution in [0.1, 0.15) is 25.3 Å². The molecule has 0 aliphatic rings. The van der Waals surface area contributed by atoms with E-state index < -0.39 is 4.92 Å². The van der Waals surface area contributed by atoms with E-state index in [2.05, 4.69) is 4.98 Å². The number of nitrogens with zero attached hydrogens (tertiary/aromatic N) is 2. The summed E-state index contributed by atoms with van der Waals surface area (Å²) in [5, 5.41) is 11.6. The number of para-hydroxylation sites is 1. The highest BCUT2D eigenvalue weighted by Gasteiger charge is 2.15. The first-order valence-electron chi connectivity index (χ1n) is 6.16. The molecule has 0 radical (unpaired) electrons. The topological polar surface area (TPSA) is 73.1 Å².